The molecule has 2 aromatic carbocycles. The fourth-order valence-corrected chi connectivity index (χ4v) is 2.51. The first-order valence-electron chi connectivity index (χ1n) is 8.02. The van der Waals surface area contributed by atoms with Gasteiger partial charge in [-0.15, -0.1) is 0 Å². The molecule has 2 N–H and O–H groups in total. The van der Waals surface area contributed by atoms with Gasteiger partial charge in [0.25, 0.3) is 0 Å². The van der Waals surface area contributed by atoms with Gasteiger partial charge < -0.3 is 25.0 Å². The number of hydrogen-bond acceptors (Lipinski definition) is 4. The minimum absolute atomic E-state index is 0.0335. The van der Waals surface area contributed by atoms with Crippen LogP contribution in [0.5, 0.6) is 11.5 Å². The van der Waals surface area contributed by atoms with E-state index < -0.39 is 0 Å². The lowest BCUT2D eigenvalue weighted by atomic mass is 10.1. The predicted molar refractivity (Wildman–Crippen MR) is 99.4 cm³/mol. The van der Waals surface area contributed by atoms with Gasteiger partial charge in [-0.05, 0) is 43.9 Å². The van der Waals surface area contributed by atoms with Crippen LogP contribution in [0.4, 0.5) is 10.5 Å². The number of amides is 2. The van der Waals surface area contributed by atoms with E-state index in [1.807, 2.05) is 56.6 Å². The van der Waals surface area contributed by atoms with Crippen LogP contribution >= 0.6 is 0 Å². The van der Waals surface area contributed by atoms with Gasteiger partial charge in [0.2, 0.25) is 0 Å². The van der Waals surface area contributed by atoms with E-state index in [1.165, 1.54) is 0 Å². The van der Waals surface area contributed by atoms with Crippen molar-refractivity contribution in [1.82, 2.24) is 10.2 Å². The Morgan fingerprint density at radius 2 is 1.68 bits per heavy atom. The molecule has 2 aromatic rings. The van der Waals surface area contributed by atoms with Crippen molar-refractivity contribution in [3.05, 3.63) is 54.1 Å². The van der Waals surface area contributed by atoms with Crippen molar-refractivity contribution in [2.75, 3.05) is 40.2 Å². The average molecular weight is 343 g/mol. The summed E-state index contributed by atoms with van der Waals surface area (Å²) in [7, 11) is 7.19. The molecule has 0 saturated heterocycles. The van der Waals surface area contributed by atoms with E-state index in [9.17, 15) is 4.79 Å². The molecule has 0 saturated carbocycles. The number of carbonyl (C=O) groups excluding carboxylic acids is 1. The number of rotatable bonds is 7. The summed E-state index contributed by atoms with van der Waals surface area (Å²) in [5, 5.41) is 5.72. The number of urea groups is 1. The largest absolute Gasteiger partial charge is 0.497 e. The monoisotopic (exact) mass is 343 g/mol. The van der Waals surface area contributed by atoms with Gasteiger partial charge in [0.1, 0.15) is 11.5 Å². The number of carbonyl (C=O) groups is 1. The summed E-state index contributed by atoms with van der Waals surface area (Å²) in [5.74, 6) is 1.49. The standard InChI is InChI=1S/C19H25N3O3/c1-22(2)18(14-7-5-9-16(11-14)24-3)13-20-19(23)21-15-8-6-10-17(12-15)25-4/h5-12,18H,13H2,1-4H3,(H2,20,21,23). The lowest BCUT2D eigenvalue weighted by Crippen LogP contribution is -2.36. The number of anilines is 1. The van der Waals surface area contributed by atoms with Crippen molar-refractivity contribution in [3.8, 4) is 11.5 Å². The van der Waals surface area contributed by atoms with Crippen LogP contribution in [-0.4, -0.2) is 45.8 Å². The van der Waals surface area contributed by atoms with Crippen LogP contribution in [0.2, 0.25) is 0 Å². The highest BCUT2D eigenvalue weighted by Crippen LogP contribution is 2.22. The smallest absolute Gasteiger partial charge is 0.319 e. The maximum absolute atomic E-state index is 12.2. The number of nitrogens with zero attached hydrogens (tertiary/aromatic N) is 1. The second-order valence-corrected chi connectivity index (χ2v) is 5.82. The quantitative estimate of drug-likeness (QED) is 0.811. The first-order chi connectivity index (χ1) is 12.0. The molecule has 2 amide bonds. The Bertz CT molecular complexity index is 704. The third kappa shape index (κ3) is 5.39. The third-order valence-electron chi connectivity index (χ3n) is 3.89. The summed E-state index contributed by atoms with van der Waals surface area (Å²) in [4.78, 5) is 14.2. The summed E-state index contributed by atoms with van der Waals surface area (Å²) in [5.41, 5.74) is 1.76. The topological polar surface area (TPSA) is 62.8 Å². The van der Waals surface area contributed by atoms with Gasteiger partial charge in [0.05, 0.1) is 20.3 Å². The molecule has 1 unspecified atom stereocenters. The second kappa shape index (κ2) is 8.94. The highest BCUT2D eigenvalue weighted by atomic mass is 16.5. The van der Waals surface area contributed by atoms with Crippen LogP contribution in [0.3, 0.4) is 0 Å². The number of likely N-dealkylation sites (N-methyl/N-ethyl adjacent to an activating group) is 1. The molecule has 0 heterocycles. The summed E-state index contributed by atoms with van der Waals surface area (Å²) in [6.45, 7) is 0.468. The van der Waals surface area contributed by atoms with Gasteiger partial charge in [0.15, 0.2) is 0 Å². The Balaban J connectivity index is 1.99. The van der Waals surface area contributed by atoms with Crippen LogP contribution in [0.25, 0.3) is 0 Å². The van der Waals surface area contributed by atoms with Gasteiger partial charge in [0, 0.05) is 18.3 Å². The van der Waals surface area contributed by atoms with Crippen molar-refractivity contribution >= 4 is 11.7 Å². The lowest BCUT2D eigenvalue weighted by molar-refractivity contribution is 0.243. The Hall–Kier alpha value is -2.73. The molecular formula is C19H25N3O3. The highest BCUT2D eigenvalue weighted by molar-refractivity contribution is 5.89. The van der Waals surface area contributed by atoms with Crippen LogP contribution in [0, 0.1) is 0 Å². The summed E-state index contributed by atoms with van der Waals surface area (Å²) >= 11 is 0. The number of ether oxygens (including phenoxy) is 2. The SMILES string of the molecule is COc1cccc(NC(=O)NCC(c2cccc(OC)c2)N(C)C)c1. The van der Waals surface area contributed by atoms with Gasteiger partial charge in [-0.2, -0.15) is 0 Å². The predicted octanol–water partition coefficient (Wildman–Crippen LogP) is 3.13. The van der Waals surface area contributed by atoms with Gasteiger partial charge in [-0.1, -0.05) is 18.2 Å². The van der Waals surface area contributed by atoms with E-state index in [0.29, 0.717) is 18.0 Å². The van der Waals surface area contributed by atoms with Gasteiger partial charge >= 0.3 is 6.03 Å². The summed E-state index contributed by atoms with van der Waals surface area (Å²) in [6.07, 6.45) is 0. The average Bonchev–Trinajstić information content (AvgIpc) is 2.62. The van der Waals surface area contributed by atoms with E-state index in [0.717, 1.165) is 11.3 Å². The fraction of sp³-hybridized carbons (Fsp3) is 0.316. The van der Waals surface area contributed by atoms with Gasteiger partial charge in [-0.25, -0.2) is 4.79 Å². The molecule has 0 fully saturated rings. The van der Waals surface area contributed by atoms with E-state index in [4.69, 9.17) is 9.47 Å². The molecule has 2 rings (SSSR count). The zero-order valence-electron chi connectivity index (χ0n) is 15.1. The Labute approximate surface area is 148 Å². The van der Waals surface area contributed by atoms with Crippen LogP contribution < -0.4 is 20.1 Å². The lowest BCUT2D eigenvalue weighted by Gasteiger charge is -2.25. The number of hydrogen-bond donors (Lipinski definition) is 2. The highest BCUT2D eigenvalue weighted by Gasteiger charge is 2.16. The Morgan fingerprint density at radius 1 is 1.04 bits per heavy atom. The molecule has 0 aliphatic heterocycles. The third-order valence-corrected chi connectivity index (χ3v) is 3.89. The fourth-order valence-electron chi connectivity index (χ4n) is 2.51. The van der Waals surface area contributed by atoms with E-state index in [-0.39, 0.29) is 12.1 Å². The van der Waals surface area contributed by atoms with Crippen LogP contribution in [0.1, 0.15) is 11.6 Å². The second-order valence-electron chi connectivity index (χ2n) is 5.82. The molecule has 0 radical (unpaired) electrons. The number of nitrogens with one attached hydrogen (secondary N) is 2. The molecule has 0 aromatic heterocycles. The molecule has 6 heteroatoms. The maximum Gasteiger partial charge on any atom is 0.319 e. The Morgan fingerprint density at radius 3 is 2.32 bits per heavy atom. The van der Waals surface area contributed by atoms with E-state index >= 15 is 0 Å². The molecule has 0 spiro atoms. The minimum atomic E-state index is -0.261. The first-order valence-corrected chi connectivity index (χ1v) is 8.02. The van der Waals surface area contributed by atoms with Gasteiger partial charge in [-0.3, -0.25) is 0 Å². The zero-order chi connectivity index (χ0) is 18.2. The molecule has 1 atom stereocenters. The molecular weight excluding hydrogens is 318 g/mol. The molecule has 6 nitrogen and oxygen atoms in total. The normalized spacial score (nSPS) is 11.7. The van der Waals surface area contributed by atoms with Crippen molar-refractivity contribution in [1.29, 1.82) is 0 Å². The first kappa shape index (κ1) is 18.6. The summed E-state index contributed by atoms with van der Waals surface area (Å²) < 4.78 is 10.4. The molecule has 0 aliphatic rings. The van der Waals surface area contributed by atoms with Crippen molar-refractivity contribution in [2.24, 2.45) is 0 Å². The molecule has 134 valence electrons. The summed E-state index contributed by atoms with van der Waals surface area (Å²) in [6, 6.07) is 14.9. The Kier molecular flexibility index (Phi) is 6.65. The minimum Gasteiger partial charge on any atom is -0.497 e. The van der Waals surface area contributed by atoms with E-state index in [1.54, 1.807) is 20.3 Å². The van der Waals surface area contributed by atoms with Crippen LogP contribution in [0.15, 0.2) is 48.5 Å². The van der Waals surface area contributed by atoms with Crippen molar-refractivity contribution in [2.45, 2.75) is 6.04 Å². The number of methoxy groups -OCH3 is 2. The molecule has 25 heavy (non-hydrogen) atoms. The van der Waals surface area contributed by atoms with E-state index in [2.05, 4.69) is 15.5 Å². The maximum atomic E-state index is 12.2. The number of benzene rings is 2. The van der Waals surface area contributed by atoms with Crippen LogP contribution in [-0.2, 0) is 0 Å². The molecule has 0 aliphatic carbocycles. The zero-order valence-corrected chi connectivity index (χ0v) is 15.1. The van der Waals surface area contributed by atoms with Crippen molar-refractivity contribution < 1.29 is 14.3 Å². The molecule has 0 bridgehead atoms. The van der Waals surface area contributed by atoms with Crippen molar-refractivity contribution in [3.63, 3.8) is 0 Å².